The fourth-order valence-electron chi connectivity index (χ4n) is 3.73. The van der Waals surface area contributed by atoms with E-state index in [1.807, 2.05) is 0 Å². The van der Waals surface area contributed by atoms with Gasteiger partial charge in [-0.1, -0.05) is 30.2 Å². The number of nitrogens with zero attached hydrogens (tertiary/aromatic N) is 1. The highest BCUT2D eigenvalue weighted by atomic mass is 35.5. The van der Waals surface area contributed by atoms with Crippen LogP contribution in [-0.2, 0) is 6.54 Å². The maximum atomic E-state index is 6.27. The average Bonchev–Trinajstić information content (AvgIpc) is 2.78. The van der Waals surface area contributed by atoms with Crippen LogP contribution in [0.4, 0.5) is 0 Å². The van der Waals surface area contributed by atoms with Gasteiger partial charge in [-0.15, -0.1) is 0 Å². The predicted octanol–water partition coefficient (Wildman–Crippen LogP) is 3.21. The van der Waals surface area contributed by atoms with Crippen molar-refractivity contribution in [1.29, 1.82) is 0 Å². The van der Waals surface area contributed by atoms with Crippen molar-refractivity contribution >= 4 is 11.6 Å². The standard InChI is InChI=1S/C16H23ClN2/c1-11-5-6-12(7-15(11)17)8-19-9-13-3-2-4-16(18)14(13)10-19/h5-7,13-14,16H,2-4,8-10,18H2,1H3. The van der Waals surface area contributed by atoms with E-state index in [0.717, 1.165) is 35.5 Å². The van der Waals surface area contributed by atoms with Crippen molar-refractivity contribution in [2.24, 2.45) is 17.6 Å². The average molecular weight is 279 g/mol. The van der Waals surface area contributed by atoms with E-state index in [0.29, 0.717) is 6.04 Å². The Morgan fingerprint density at radius 3 is 2.89 bits per heavy atom. The van der Waals surface area contributed by atoms with Crippen LogP contribution in [0.2, 0.25) is 5.02 Å². The van der Waals surface area contributed by atoms with Crippen LogP contribution in [0.3, 0.4) is 0 Å². The maximum Gasteiger partial charge on any atom is 0.0438 e. The van der Waals surface area contributed by atoms with Crippen LogP contribution in [-0.4, -0.2) is 24.0 Å². The molecule has 1 saturated heterocycles. The van der Waals surface area contributed by atoms with Crippen molar-refractivity contribution in [3.63, 3.8) is 0 Å². The second-order valence-electron chi connectivity index (χ2n) is 6.30. The summed E-state index contributed by atoms with van der Waals surface area (Å²) in [5, 5.41) is 0.880. The van der Waals surface area contributed by atoms with Gasteiger partial charge in [0, 0.05) is 30.7 Å². The second kappa shape index (κ2) is 5.43. The molecule has 1 aromatic carbocycles. The van der Waals surface area contributed by atoms with Crippen LogP contribution < -0.4 is 5.73 Å². The Bertz CT molecular complexity index is 460. The molecule has 0 radical (unpaired) electrons. The van der Waals surface area contributed by atoms with E-state index in [1.165, 1.54) is 31.4 Å². The van der Waals surface area contributed by atoms with E-state index in [1.54, 1.807) is 0 Å². The Morgan fingerprint density at radius 1 is 1.32 bits per heavy atom. The molecule has 0 aromatic heterocycles. The number of hydrogen-bond donors (Lipinski definition) is 1. The summed E-state index contributed by atoms with van der Waals surface area (Å²) in [6, 6.07) is 6.85. The van der Waals surface area contributed by atoms with Gasteiger partial charge in [0.05, 0.1) is 0 Å². The lowest BCUT2D eigenvalue weighted by Crippen LogP contribution is -2.38. The molecule has 1 aromatic rings. The lowest BCUT2D eigenvalue weighted by molar-refractivity contribution is 0.259. The summed E-state index contributed by atoms with van der Waals surface area (Å²) in [4.78, 5) is 2.56. The molecule has 3 heteroatoms. The summed E-state index contributed by atoms with van der Waals surface area (Å²) < 4.78 is 0. The quantitative estimate of drug-likeness (QED) is 0.900. The molecule has 1 saturated carbocycles. The first-order valence-electron chi connectivity index (χ1n) is 7.36. The number of rotatable bonds is 2. The zero-order valence-corrected chi connectivity index (χ0v) is 12.4. The summed E-state index contributed by atoms with van der Waals surface area (Å²) in [5.74, 6) is 1.54. The van der Waals surface area contributed by atoms with Gasteiger partial charge in [0.15, 0.2) is 0 Å². The molecule has 1 aliphatic heterocycles. The molecule has 19 heavy (non-hydrogen) atoms. The van der Waals surface area contributed by atoms with Gasteiger partial charge in [0.2, 0.25) is 0 Å². The molecule has 2 N–H and O–H groups in total. The van der Waals surface area contributed by atoms with Gasteiger partial charge in [0.1, 0.15) is 0 Å². The highest BCUT2D eigenvalue weighted by Crippen LogP contribution is 2.36. The van der Waals surface area contributed by atoms with Gasteiger partial charge in [-0.3, -0.25) is 4.90 Å². The van der Waals surface area contributed by atoms with Gasteiger partial charge < -0.3 is 5.73 Å². The van der Waals surface area contributed by atoms with Crippen molar-refractivity contribution in [2.75, 3.05) is 13.1 Å². The summed E-state index contributed by atoms with van der Waals surface area (Å²) in [6.45, 7) is 5.44. The Hall–Kier alpha value is -0.570. The highest BCUT2D eigenvalue weighted by molar-refractivity contribution is 6.31. The first kappa shape index (κ1) is 13.4. The van der Waals surface area contributed by atoms with Crippen molar-refractivity contribution in [3.05, 3.63) is 34.3 Å². The van der Waals surface area contributed by atoms with E-state index in [9.17, 15) is 0 Å². The Balaban J connectivity index is 1.66. The SMILES string of the molecule is Cc1ccc(CN2CC3CCCC(N)C3C2)cc1Cl. The number of nitrogens with two attached hydrogens (primary N) is 1. The van der Waals surface area contributed by atoms with Crippen molar-refractivity contribution < 1.29 is 0 Å². The highest BCUT2D eigenvalue weighted by Gasteiger charge is 2.38. The molecule has 1 heterocycles. The number of halogens is 1. The third kappa shape index (κ3) is 2.81. The Morgan fingerprint density at radius 2 is 2.16 bits per heavy atom. The molecule has 3 atom stereocenters. The topological polar surface area (TPSA) is 29.3 Å². The monoisotopic (exact) mass is 278 g/mol. The molecule has 0 amide bonds. The van der Waals surface area contributed by atoms with Crippen LogP contribution in [0, 0.1) is 18.8 Å². The van der Waals surface area contributed by atoms with E-state index in [2.05, 4.69) is 30.0 Å². The van der Waals surface area contributed by atoms with E-state index >= 15 is 0 Å². The lowest BCUT2D eigenvalue weighted by atomic mass is 9.78. The lowest BCUT2D eigenvalue weighted by Gasteiger charge is -2.29. The van der Waals surface area contributed by atoms with Crippen molar-refractivity contribution in [1.82, 2.24) is 4.90 Å². The number of aryl methyl sites for hydroxylation is 1. The molecule has 104 valence electrons. The van der Waals surface area contributed by atoms with Crippen molar-refractivity contribution in [3.8, 4) is 0 Å². The molecule has 2 nitrogen and oxygen atoms in total. The molecule has 3 unspecified atom stereocenters. The second-order valence-corrected chi connectivity index (χ2v) is 6.70. The summed E-state index contributed by atoms with van der Waals surface area (Å²) in [5.41, 5.74) is 8.75. The molecule has 2 fully saturated rings. The van der Waals surface area contributed by atoms with Gasteiger partial charge in [-0.25, -0.2) is 0 Å². The van der Waals surface area contributed by atoms with Gasteiger partial charge in [0.25, 0.3) is 0 Å². The normalized spacial score (nSPS) is 31.4. The van der Waals surface area contributed by atoms with Gasteiger partial charge in [-0.05, 0) is 48.8 Å². The summed E-state index contributed by atoms with van der Waals surface area (Å²) in [7, 11) is 0. The first-order valence-corrected chi connectivity index (χ1v) is 7.74. The summed E-state index contributed by atoms with van der Waals surface area (Å²) >= 11 is 6.21. The third-order valence-corrected chi connectivity index (χ3v) is 5.28. The van der Waals surface area contributed by atoms with Crippen LogP contribution in [0.1, 0.15) is 30.4 Å². The molecular formula is C16H23ClN2. The molecule has 0 bridgehead atoms. The van der Waals surface area contributed by atoms with E-state index < -0.39 is 0 Å². The molecule has 3 rings (SSSR count). The van der Waals surface area contributed by atoms with E-state index in [4.69, 9.17) is 17.3 Å². The van der Waals surface area contributed by atoms with Crippen LogP contribution >= 0.6 is 11.6 Å². The van der Waals surface area contributed by atoms with Crippen molar-refractivity contribution in [2.45, 2.75) is 38.8 Å². The molecular weight excluding hydrogens is 256 g/mol. The predicted molar refractivity (Wildman–Crippen MR) is 80.3 cm³/mol. The summed E-state index contributed by atoms with van der Waals surface area (Å²) in [6.07, 6.45) is 3.89. The molecule has 2 aliphatic rings. The number of hydrogen-bond acceptors (Lipinski definition) is 2. The van der Waals surface area contributed by atoms with Crippen LogP contribution in [0.5, 0.6) is 0 Å². The van der Waals surface area contributed by atoms with Crippen LogP contribution in [0.25, 0.3) is 0 Å². The number of likely N-dealkylation sites (tertiary alicyclic amines) is 1. The minimum atomic E-state index is 0.422. The minimum absolute atomic E-state index is 0.422. The Kier molecular flexibility index (Phi) is 3.84. The fraction of sp³-hybridized carbons (Fsp3) is 0.625. The van der Waals surface area contributed by atoms with Crippen LogP contribution in [0.15, 0.2) is 18.2 Å². The maximum absolute atomic E-state index is 6.27. The smallest absolute Gasteiger partial charge is 0.0438 e. The van der Waals surface area contributed by atoms with Gasteiger partial charge in [-0.2, -0.15) is 0 Å². The van der Waals surface area contributed by atoms with E-state index in [-0.39, 0.29) is 0 Å². The zero-order valence-electron chi connectivity index (χ0n) is 11.6. The minimum Gasteiger partial charge on any atom is -0.327 e. The zero-order chi connectivity index (χ0) is 13.4. The fourth-order valence-corrected chi connectivity index (χ4v) is 3.93. The third-order valence-electron chi connectivity index (χ3n) is 4.87. The molecule has 0 spiro atoms. The number of fused-ring (bicyclic) bond motifs is 1. The Labute approximate surface area is 120 Å². The first-order chi connectivity index (χ1) is 9.13. The van der Waals surface area contributed by atoms with Gasteiger partial charge >= 0.3 is 0 Å². The largest absolute Gasteiger partial charge is 0.327 e. The molecule has 1 aliphatic carbocycles. The number of benzene rings is 1.